The molecule has 0 aliphatic rings. The van der Waals surface area contributed by atoms with E-state index >= 15 is 0 Å². The van der Waals surface area contributed by atoms with E-state index in [2.05, 4.69) is 0 Å². The maximum Gasteiger partial charge on any atom is 0.120 e. The van der Waals surface area contributed by atoms with Crippen LogP contribution in [0.25, 0.3) is 0 Å². The standard InChI is InChI=1S/C13H12ClNO2/c14-13-7-10(15)2-1-9(13)8-17-12-5-3-11(16)4-6-12/h1-7,16H,8,15H2. The molecule has 4 heteroatoms. The molecule has 0 bridgehead atoms. The van der Waals surface area contributed by atoms with Gasteiger partial charge < -0.3 is 15.6 Å². The summed E-state index contributed by atoms with van der Waals surface area (Å²) in [6, 6.07) is 11.8. The molecule has 0 aliphatic heterocycles. The largest absolute Gasteiger partial charge is 0.508 e. The molecule has 3 N–H and O–H groups in total. The molecule has 2 aromatic rings. The zero-order valence-electron chi connectivity index (χ0n) is 9.06. The molecule has 0 amide bonds. The number of rotatable bonds is 3. The Morgan fingerprint density at radius 1 is 1.12 bits per heavy atom. The number of phenolic OH excluding ortho intramolecular Hbond substituents is 1. The summed E-state index contributed by atoms with van der Waals surface area (Å²) in [6.45, 7) is 0.365. The minimum absolute atomic E-state index is 0.211. The van der Waals surface area contributed by atoms with Crippen LogP contribution < -0.4 is 10.5 Å². The van der Waals surface area contributed by atoms with E-state index in [-0.39, 0.29) is 5.75 Å². The fourth-order valence-corrected chi connectivity index (χ4v) is 1.63. The maximum absolute atomic E-state index is 9.13. The van der Waals surface area contributed by atoms with Gasteiger partial charge in [-0.15, -0.1) is 0 Å². The summed E-state index contributed by atoms with van der Waals surface area (Å²) in [5, 5.41) is 9.71. The lowest BCUT2D eigenvalue weighted by Crippen LogP contribution is -1.97. The summed E-state index contributed by atoms with van der Waals surface area (Å²) in [5.74, 6) is 0.888. The van der Waals surface area contributed by atoms with Crippen LogP contribution in [0.3, 0.4) is 0 Å². The van der Waals surface area contributed by atoms with Gasteiger partial charge in [0.2, 0.25) is 0 Å². The maximum atomic E-state index is 9.13. The second kappa shape index (κ2) is 4.97. The first-order valence-corrected chi connectivity index (χ1v) is 5.48. The Balaban J connectivity index is 2.04. The van der Waals surface area contributed by atoms with Crippen LogP contribution in [-0.4, -0.2) is 5.11 Å². The fourth-order valence-electron chi connectivity index (χ4n) is 1.38. The van der Waals surface area contributed by atoms with Gasteiger partial charge in [-0.25, -0.2) is 0 Å². The quantitative estimate of drug-likeness (QED) is 0.822. The SMILES string of the molecule is Nc1ccc(COc2ccc(O)cc2)c(Cl)c1. The minimum Gasteiger partial charge on any atom is -0.508 e. The van der Waals surface area contributed by atoms with E-state index in [1.807, 2.05) is 6.07 Å². The van der Waals surface area contributed by atoms with Crippen LogP contribution in [-0.2, 0) is 6.61 Å². The molecular formula is C13H12ClNO2. The number of aromatic hydroxyl groups is 1. The molecule has 17 heavy (non-hydrogen) atoms. The van der Waals surface area contributed by atoms with Crippen molar-refractivity contribution in [3.05, 3.63) is 53.1 Å². The number of nitrogen functional groups attached to an aromatic ring is 1. The van der Waals surface area contributed by atoms with E-state index in [1.54, 1.807) is 36.4 Å². The van der Waals surface area contributed by atoms with Crippen LogP contribution in [0.2, 0.25) is 5.02 Å². The second-order valence-electron chi connectivity index (χ2n) is 3.63. The molecule has 2 aromatic carbocycles. The number of benzene rings is 2. The van der Waals surface area contributed by atoms with E-state index in [4.69, 9.17) is 27.2 Å². The van der Waals surface area contributed by atoms with E-state index in [9.17, 15) is 0 Å². The third-order valence-corrected chi connectivity index (χ3v) is 2.66. The highest BCUT2D eigenvalue weighted by atomic mass is 35.5. The van der Waals surface area contributed by atoms with Gasteiger partial charge in [0.05, 0.1) is 0 Å². The number of phenols is 1. The van der Waals surface area contributed by atoms with Gasteiger partial charge in [0.1, 0.15) is 18.1 Å². The lowest BCUT2D eigenvalue weighted by atomic mass is 10.2. The van der Waals surface area contributed by atoms with Crippen molar-refractivity contribution in [2.45, 2.75) is 6.61 Å². The van der Waals surface area contributed by atoms with Gasteiger partial charge in [-0.1, -0.05) is 17.7 Å². The van der Waals surface area contributed by atoms with E-state index in [0.29, 0.717) is 23.1 Å². The molecule has 0 radical (unpaired) electrons. The van der Waals surface area contributed by atoms with E-state index in [1.165, 1.54) is 0 Å². The Morgan fingerprint density at radius 2 is 1.82 bits per heavy atom. The van der Waals surface area contributed by atoms with Crippen molar-refractivity contribution in [1.29, 1.82) is 0 Å². The van der Waals surface area contributed by atoms with Crippen LogP contribution in [0.4, 0.5) is 5.69 Å². The van der Waals surface area contributed by atoms with Gasteiger partial charge in [0.15, 0.2) is 0 Å². The van der Waals surface area contributed by atoms with Crippen LogP contribution in [0.5, 0.6) is 11.5 Å². The van der Waals surface area contributed by atoms with Gasteiger partial charge in [-0.05, 0) is 36.4 Å². The lowest BCUT2D eigenvalue weighted by Gasteiger charge is -2.08. The van der Waals surface area contributed by atoms with Crippen molar-refractivity contribution in [3.63, 3.8) is 0 Å². The highest BCUT2D eigenvalue weighted by Gasteiger charge is 2.02. The normalized spacial score (nSPS) is 10.2. The number of hydrogen-bond donors (Lipinski definition) is 2. The average molecular weight is 250 g/mol. The topological polar surface area (TPSA) is 55.5 Å². The number of anilines is 1. The Labute approximate surface area is 104 Å². The summed E-state index contributed by atoms with van der Waals surface area (Å²) >= 11 is 6.02. The van der Waals surface area contributed by atoms with E-state index < -0.39 is 0 Å². The molecule has 0 fully saturated rings. The predicted octanol–water partition coefficient (Wildman–Crippen LogP) is 3.21. The highest BCUT2D eigenvalue weighted by molar-refractivity contribution is 6.31. The molecule has 88 valence electrons. The third kappa shape index (κ3) is 3.04. The molecule has 0 saturated carbocycles. The van der Waals surface area contributed by atoms with Crippen molar-refractivity contribution in [2.24, 2.45) is 0 Å². The Kier molecular flexibility index (Phi) is 3.40. The Bertz CT molecular complexity index is 511. The highest BCUT2D eigenvalue weighted by Crippen LogP contribution is 2.22. The molecule has 3 nitrogen and oxygen atoms in total. The van der Waals surface area contributed by atoms with Crippen LogP contribution >= 0.6 is 11.6 Å². The van der Waals surface area contributed by atoms with Gasteiger partial charge >= 0.3 is 0 Å². The van der Waals surface area contributed by atoms with Gasteiger partial charge in [-0.2, -0.15) is 0 Å². The van der Waals surface area contributed by atoms with Gasteiger partial charge in [0, 0.05) is 16.3 Å². The Hall–Kier alpha value is -1.87. The molecule has 0 saturated heterocycles. The van der Waals surface area contributed by atoms with Crippen molar-refractivity contribution in [2.75, 3.05) is 5.73 Å². The van der Waals surface area contributed by atoms with Crippen LogP contribution in [0.1, 0.15) is 5.56 Å². The van der Waals surface area contributed by atoms with Crippen molar-refractivity contribution in [1.82, 2.24) is 0 Å². The first-order chi connectivity index (χ1) is 8.15. The zero-order chi connectivity index (χ0) is 12.3. The molecule has 0 unspecified atom stereocenters. The summed E-state index contributed by atoms with van der Waals surface area (Å²) in [5.41, 5.74) is 7.10. The summed E-state index contributed by atoms with van der Waals surface area (Å²) in [6.07, 6.45) is 0. The first-order valence-electron chi connectivity index (χ1n) is 5.11. The minimum atomic E-state index is 0.211. The first kappa shape index (κ1) is 11.6. The van der Waals surface area contributed by atoms with Crippen molar-refractivity contribution in [3.8, 4) is 11.5 Å². The zero-order valence-corrected chi connectivity index (χ0v) is 9.82. The van der Waals surface area contributed by atoms with Crippen molar-refractivity contribution < 1.29 is 9.84 Å². The molecule has 2 rings (SSSR count). The second-order valence-corrected chi connectivity index (χ2v) is 4.04. The predicted molar refractivity (Wildman–Crippen MR) is 68.3 cm³/mol. The molecule has 0 aromatic heterocycles. The smallest absolute Gasteiger partial charge is 0.120 e. The van der Waals surface area contributed by atoms with E-state index in [0.717, 1.165) is 5.56 Å². The monoisotopic (exact) mass is 249 g/mol. The average Bonchev–Trinajstić information content (AvgIpc) is 2.30. The summed E-state index contributed by atoms with van der Waals surface area (Å²) in [4.78, 5) is 0. The van der Waals surface area contributed by atoms with Crippen LogP contribution in [0, 0.1) is 0 Å². The van der Waals surface area contributed by atoms with Crippen molar-refractivity contribution >= 4 is 17.3 Å². The lowest BCUT2D eigenvalue weighted by molar-refractivity contribution is 0.306. The molecular weight excluding hydrogens is 238 g/mol. The molecule has 0 atom stereocenters. The van der Waals surface area contributed by atoms with Crippen LogP contribution in [0.15, 0.2) is 42.5 Å². The number of hydrogen-bond acceptors (Lipinski definition) is 3. The molecule has 0 aliphatic carbocycles. The van der Waals surface area contributed by atoms with Gasteiger partial charge in [-0.3, -0.25) is 0 Å². The third-order valence-electron chi connectivity index (χ3n) is 2.31. The number of halogens is 1. The molecule has 0 heterocycles. The Morgan fingerprint density at radius 3 is 2.47 bits per heavy atom. The van der Waals surface area contributed by atoms with Gasteiger partial charge in [0.25, 0.3) is 0 Å². The summed E-state index contributed by atoms with van der Waals surface area (Å²) < 4.78 is 5.53. The summed E-state index contributed by atoms with van der Waals surface area (Å²) in [7, 11) is 0. The fraction of sp³-hybridized carbons (Fsp3) is 0.0769. The number of nitrogens with two attached hydrogens (primary N) is 1. The number of ether oxygens (including phenoxy) is 1. The molecule has 0 spiro atoms.